The van der Waals surface area contributed by atoms with Gasteiger partial charge in [0.05, 0.1) is 14.7 Å². The van der Waals surface area contributed by atoms with Gasteiger partial charge < -0.3 is 13.6 Å². The Labute approximate surface area is 366 Å². The van der Waals surface area contributed by atoms with Gasteiger partial charge in [0.25, 0.3) is 0 Å². The Kier molecular flexibility index (Phi) is 23.5. The highest BCUT2D eigenvalue weighted by Crippen LogP contribution is 2.43. The van der Waals surface area contributed by atoms with Crippen molar-refractivity contribution in [3.05, 3.63) is 72.8 Å². The van der Waals surface area contributed by atoms with Gasteiger partial charge in [0.15, 0.2) is 0 Å². The molecule has 0 unspecified atom stereocenters. The molecule has 61 heavy (non-hydrogen) atoms. The van der Waals surface area contributed by atoms with Crippen molar-refractivity contribution >= 4 is 39.0 Å². The summed E-state index contributed by atoms with van der Waals surface area (Å²) in [5.41, 5.74) is 7.59. The summed E-state index contributed by atoms with van der Waals surface area (Å²) in [6.45, 7) is 14.1. The van der Waals surface area contributed by atoms with E-state index in [1.807, 2.05) is 0 Å². The van der Waals surface area contributed by atoms with Gasteiger partial charge in [-0.15, -0.1) is 0 Å². The highest BCUT2D eigenvalue weighted by molar-refractivity contribution is 7.87. The van der Waals surface area contributed by atoms with E-state index in [1.54, 1.807) is 0 Å². The maximum Gasteiger partial charge on any atom is 0.530 e. The van der Waals surface area contributed by atoms with E-state index in [9.17, 15) is 25.3 Å². The maximum absolute atomic E-state index is 12.8. The van der Waals surface area contributed by atoms with E-state index in [0.717, 1.165) is 77.0 Å². The van der Waals surface area contributed by atoms with Crippen molar-refractivity contribution in [3.8, 4) is 17.2 Å². The van der Waals surface area contributed by atoms with E-state index in [1.165, 1.54) is 72.8 Å². The molecule has 0 saturated carbocycles. The van der Waals surface area contributed by atoms with Gasteiger partial charge in [-0.05, 0) is 110 Å². The van der Waals surface area contributed by atoms with Gasteiger partial charge in [-0.2, -0.15) is 54.5 Å². The summed E-state index contributed by atoms with van der Waals surface area (Å²) in [4.78, 5) is -0.340. The summed E-state index contributed by atoms with van der Waals surface area (Å²) in [6, 6.07) is 16.3. The minimum absolute atomic E-state index is 0.113. The van der Waals surface area contributed by atoms with Gasteiger partial charge in [-0.25, -0.2) is 0 Å². The van der Waals surface area contributed by atoms with Crippen LogP contribution in [0, 0.1) is 17.8 Å². The summed E-state index contributed by atoms with van der Waals surface area (Å²) >= 11 is 0. The van der Waals surface area contributed by atoms with Crippen LogP contribution in [0.1, 0.15) is 119 Å². The fourth-order valence-corrected chi connectivity index (χ4v) is 9.00. The van der Waals surface area contributed by atoms with Crippen LogP contribution in [-0.4, -0.2) is 44.9 Å². The van der Waals surface area contributed by atoms with Crippen molar-refractivity contribution in [3.63, 3.8) is 0 Å². The minimum atomic E-state index is -4.12. The Morgan fingerprint density at radius 2 is 0.639 bits per heavy atom. The van der Waals surface area contributed by atoms with Crippen LogP contribution in [-0.2, 0) is 43.2 Å². The zero-order valence-electron chi connectivity index (χ0n) is 36.3. The Morgan fingerprint density at radius 3 is 0.869 bits per heavy atom. The molecular formula is C42H66N3O12PS3. The smallest absolute Gasteiger partial charge is 0.409 e. The number of benzene rings is 3. The number of nitrogens with one attached hydrogen (secondary N) is 3. The summed E-state index contributed by atoms with van der Waals surface area (Å²) < 4.78 is 110. The predicted molar refractivity (Wildman–Crippen MR) is 237 cm³/mol. The summed E-state index contributed by atoms with van der Waals surface area (Å²) in [5.74, 6) is 2.37. The van der Waals surface area contributed by atoms with E-state index in [4.69, 9.17) is 26.4 Å². The molecule has 0 saturated heterocycles. The standard InChI is InChI=1S/C42H66N3O12PS3/c1-34(2)16-10-7-13-31-43-55-59(46,47)40-25-19-37(20-26-40)52-58(53-38-21-27-41(28-22-38)60(48,49)56-44-32-14-8-11-17-35(3)4)54-39-23-29-42(30-24-39)61(50,51)57-45-33-15-9-12-18-36(5)6/h19-30,34-36,43-45H,7-18,31-33H2,1-6H3. The van der Waals surface area contributed by atoms with Crippen LogP contribution in [0.4, 0.5) is 0 Å². The summed E-state index contributed by atoms with van der Waals surface area (Å²) in [6.07, 6.45) is 11.7. The molecule has 0 heterocycles. The molecule has 0 aliphatic heterocycles. The molecule has 0 aliphatic rings. The van der Waals surface area contributed by atoms with Crippen molar-refractivity contribution in [1.29, 1.82) is 0 Å². The molecule has 0 amide bonds. The third kappa shape index (κ3) is 21.4. The van der Waals surface area contributed by atoms with Crippen molar-refractivity contribution in [2.75, 3.05) is 19.6 Å². The molecule has 0 radical (unpaired) electrons. The van der Waals surface area contributed by atoms with E-state index >= 15 is 0 Å². The minimum Gasteiger partial charge on any atom is -0.409 e. The first-order chi connectivity index (χ1) is 29.0. The second-order valence-corrected chi connectivity index (χ2v) is 21.6. The number of hydrogen-bond acceptors (Lipinski definition) is 15. The third-order valence-corrected chi connectivity index (χ3v) is 13.7. The van der Waals surface area contributed by atoms with Gasteiger partial charge in [0.2, 0.25) is 0 Å². The number of rotatable bonds is 33. The lowest BCUT2D eigenvalue weighted by molar-refractivity contribution is 0.200. The topological polar surface area (TPSA) is 194 Å². The number of unbranched alkanes of at least 4 members (excludes halogenated alkanes) is 6. The lowest BCUT2D eigenvalue weighted by atomic mass is 10.1. The molecule has 3 aromatic rings. The molecular weight excluding hydrogens is 866 g/mol. The predicted octanol–water partition coefficient (Wildman–Crippen LogP) is 9.73. The van der Waals surface area contributed by atoms with Crippen molar-refractivity contribution < 1.29 is 51.7 Å². The van der Waals surface area contributed by atoms with Gasteiger partial charge in [-0.3, -0.25) is 0 Å². The van der Waals surface area contributed by atoms with Gasteiger partial charge in [0, 0.05) is 19.6 Å². The van der Waals surface area contributed by atoms with Crippen LogP contribution in [0.25, 0.3) is 0 Å². The Morgan fingerprint density at radius 1 is 0.393 bits per heavy atom. The fourth-order valence-electron chi connectivity index (χ4n) is 5.60. The average molecular weight is 932 g/mol. The van der Waals surface area contributed by atoms with Crippen LogP contribution in [0.5, 0.6) is 17.2 Å². The van der Waals surface area contributed by atoms with E-state index in [0.29, 0.717) is 37.4 Å². The quantitative estimate of drug-likeness (QED) is 0.0297. The van der Waals surface area contributed by atoms with Gasteiger partial charge >= 0.3 is 39.0 Å². The van der Waals surface area contributed by atoms with Crippen LogP contribution in [0.15, 0.2) is 87.5 Å². The molecule has 0 aromatic heterocycles. The number of hydrogen-bond donors (Lipinski definition) is 3. The van der Waals surface area contributed by atoms with Gasteiger partial charge in [0.1, 0.15) is 17.2 Å². The monoisotopic (exact) mass is 931 g/mol. The Hall–Kier alpha value is -2.90. The summed E-state index contributed by atoms with van der Waals surface area (Å²) in [7, 11) is -14.7. The first kappa shape index (κ1) is 52.4. The molecule has 344 valence electrons. The summed E-state index contributed by atoms with van der Waals surface area (Å²) in [5, 5.41) is 0. The molecule has 19 heteroatoms. The molecule has 0 atom stereocenters. The molecule has 0 fully saturated rings. The number of hydroxylamine groups is 3. The third-order valence-electron chi connectivity index (χ3n) is 9.06. The molecule has 0 aliphatic carbocycles. The van der Waals surface area contributed by atoms with Crippen LogP contribution in [0.3, 0.4) is 0 Å². The molecule has 3 rings (SSSR count). The normalized spacial score (nSPS) is 12.5. The zero-order chi connectivity index (χ0) is 44.7. The highest BCUT2D eigenvalue weighted by Gasteiger charge is 2.24. The Balaban J connectivity index is 1.67. The molecule has 3 aromatic carbocycles. The van der Waals surface area contributed by atoms with E-state index in [-0.39, 0.29) is 31.9 Å². The van der Waals surface area contributed by atoms with Crippen molar-refractivity contribution in [2.24, 2.45) is 17.8 Å². The molecule has 3 N–H and O–H groups in total. The first-order valence-corrected chi connectivity index (χ1v) is 26.4. The van der Waals surface area contributed by atoms with Crippen molar-refractivity contribution in [2.45, 2.75) is 133 Å². The lowest BCUT2D eigenvalue weighted by Gasteiger charge is -2.18. The second kappa shape index (κ2) is 27.3. The van der Waals surface area contributed by atoms with Crippen LogP contribution in [0.2, 0.25) is 0 Å². The van der Waals surface area contributed by atoms with Crippen LogP contribution >= 0.6 is 8.60 Å². The van der Waals surface area contributed by atoms with E-state index in [2.05, 4.69) is 58.0 Å². The molecule has 0 bridgehead atoms. The average Bonchev–Trinajstić information content (AvgIpc) is 3.20. The van der Waals surface area contributed by atoms with Crippen molar-refractivity contribution in [1.82, 2.24) is 16.4 Å². The largest absolute Gasteiger partial charge is 0.530 e. The molecule has 0 spiro atoms. The second-order valence-electron chi connectivity index (χ2n) is 15.9. The fraction of sp³-hybridized carbons (Fsp3) is 0.571. The SMILES string of the molecule is CC(C)CCCCCNOS(=O)(=O)c1ccc(OP(Oc2ccc(S(=O)(=O)ONCCCCCC(C)C)cc2)Oc2ccc(S(=O)(=O)ONCCCCCC(C)C)cc2)cc1. The Bertz CT molecular complexity index is 1770. The maximum atomic E-state index is 12.8. The highest BCUT2D eigenvalue weighted by atomic mass is 32.2. The van der Waals surface area contributed by atoms with Gasteiger partial charge in [-0.1, -0.05) is 99.3 Å². The van der Waals surface area contributed by atoms with E-state index < -0.39 is 39.0 Å². The zero-order valence-corrected chi connectivity index (χ0v) is 39.7. The van der Waals surface area contributed by atoms with Crippen LogP contribution < -0.4 is 30.0 Å². The first-order valence-electron chi connectivity index (χ1n) is 21.1. The molecule has 15 nitrogen and oxygen atoms in total. The lowest BCUT2D eigenvalue weighted by Crippen LogP contribution is -2.21.